The third-order valence-electron chi connectivity index (χ3n) is 5.73. The molecule has 1 fully saturated rings. The van der Waals surface area contributed by atoms with Gasteiger partial charge in [0.15, 0.2) is 0 Å². The fourth-order valence-electron chi connectivity index (χ4n) is 3.97. The molecule has 0 spiro atoms. The summed E-state index contributed by atoms with van der Waals surface area (Å²) in [5.74, 6) is -1.05. The summed E-state index contributed by atoms with van der Waals surface area (Å²) in [5, 5.41) is 4.30. The van der Waals surface area contributed by atoms with Crippen molar-refractivity contribution in [2.24, 2.45) is 0 Å². The van der Waals surface area contributed by atoms with Crippen LogP contribution in [0.25, 0.3) is 16.8 Å². The van der Waals surface area contributed by atoms with Crippen molar-refractivity contribution in [1.82, 2.24) is 5.32 Å². The van der Waals surface area contributed by atoms with Gasteiger partial charge < -0.3 is 4.74 Å². The molecular weight excluding hydrogens is 544 g/mol. The number of hydrogen-bond acceptors (Lipinski definition) is 4. The highest BCUT2D eigenvalue weighted by molar-refractivity contribution is 9.10. The van der Waals surface area contributed by atoms with E-state index in [-0.39, 0.29) is 17.9 Å². The molecule has 4 aromatic rings. The Bertz CT molecular complexity index is 1570. The summed E-state index contributed by atoms with van der Waals surface area (Å²) in [6.07, 6.45) is 1.47. The SMILES string of the molecule is O=C1NC(=O)N(c2cccc(Cl)c2)C(=O)/C1=C/c1c(OCc2ccccc2Br)ccc2ccccc12. The number of hydrogen-bond donors (Lipinski definition) is 1. The molecule has 1 N–H and O–H groups in total. The van der Waals surface area contributed by atoms with Crippen LogP contribution in [0.15, 0.2) is 95.0 Å². The highest BCUT2D eigenvalue weighted by Gasteiger charge is 2.37. The van der Waals surface area contributed by atoms with E-state index in [0.29, 0.717) is 16.3 Å². The van der Waals surface area contributed by atoms with Crippen molar-refractivity contribution in [3.05, 3.63) is 111 Å². The number of rotatable bonds is 5. The number of ether oxygens (including phenoxy) is 1. The van der Waals surface area contributed by atoms with Crippen LogP contribution in [0.1, 0.15) is 11.1 Å². The number of halogens is 2. The maximum atomic E-state index is 13.4. The number of benzene rings is 4. The Labute approximate surface area is 220 Å². The Balaban J connectivity index is 1.59. The van der Waals surface area contributed by atoms with Gasteiger partial charge in [-0.3, -0.25) is 14.9 Å². The van der Waals surface area contributed by atoms with E-state index < -0.39 is 17.8 Å². The smallest absolute Gasteiger partial charge is 0.335 e. The molecule has 0 radical (unpaired) electrons. The maximum absolute atomic E-state index is 13.4. The zero-order chi connectivity index (χ0) is 25.2. The topological polar surface area (TPSA) is 75.7 Å². The van der Waals surface area contributed by atoms with Gasteiger partial charge in [-0.15, -0.1) is 0 Å². The molecule has 8 heteroatoms. The summed E-state index contributed by atoms with van der Waals surface area (Å²) in [6.45, 7) is 0.267. The number of fused-ring (bicyclic) bond motifs is 1. The Hall–Kier alpha value is -3.94. The van der Waals surface area contributed by atoms with E-state index in [4.69, 9.17) is 16.3 Å². The van der Waals surface area contributed by atoms with E-state index in [1.165, 1.54) is 12.1 Å². The number of carbonyl (C=O) groups excluding carboxylic acids is 3. The number of imide groups is 2. The highest BCUT2D eigenvalue weighted by atomic mass is 79.9. The Morgan fingerprint density at radius 3 is 2.50 bits per heavy atom. The van der Waals surface area contributed by atoms with Gasteiger partial charge in [0.2, 0.25) is 0 Å². The third kappa shape index (κ3) is 4.63. The van der Waals surface area contributed by atoms with Crippen molar-refractivity contribution in [1.29, 1.82) is 0 Å². The number of nitrogens with one attached hydrogen (secondary N) is 1. The van der Waals surface area contributed by atoms with Crippen LogP contribution in [0.3, 0.4) is 0 Å². The molecule has 0 aliphatic carbocycles. The first-order chi connectivity index (χ1) is 17.4. The fourth-order valence-corrected chi connectivity index (χ4v) is 4.56. The lowest BCUT2D eigenvalue weighted by Crippen LogP contribution is -2.54. The summed E-state index contributed by atoms with van der Waals surface area (Å²) in [4.78, 5) is 39.7. The largest absolute Gasteiger partial charge is 0.488 e. The van der Waals surface area contributed by atoms with Gasteiger partial charge in [-0.25, -0.2) is 9.69 Å². The van der Waals surface area contributed by atoms with Gasteiger partial charge in [0.05, 0.1) is 5.69 Å². The normalized spacial score (nSPS) is 14.9. The molecule has 1 heterocycles. The van der Waals surface area contributed by atoms with Crippen LogP contribution in [-0.4, -0.2) is 17.8 Å². The first kappa shape index (κ1) is 23.8. The van der Waals surface area contributed by atoms with Gasteiger partial charge in [-0.2, -0.15) is 0 Å². The van der Waals surface area contributed by atoms with Gasteiger partial charge in [-0.1, -0.05) is 82.1 Å². The van der Waals surface area contributed by atoms with Gasteiger partial charge >= 0.3 is 6.03 Å². The first-order valence-electron chi connectivity index (χ1n) is 11.0. The number of barbiturate groups is 1. The second-order valence-electron chi connectivity index (χ2n) is 8.02. The van der Waals surface area contributed by atoms with Crippen molar-refractivity contribution >= 4 is 67.9 Å². The minimum Gasteiger partial charge on any atom is -0.488 e. The Kier molecular flexibility index (Phi) is 6.59. The van der Waals surface area contributed by atoms with Gasteiger partial charge in [0.25, 0.3) is 11.8 Å². The molecule has 0 unspecified atom stereocenters. The fraction of sp³-hybridized carbons (Fsp3) is 0.0357. The van der Waals surface area contributed by atoms with Gasteiger partial charge in [0.1, 0.15) is 17.9 Å². The second-order valence-corrected chi connectivity index (χ2v) is 9.31. The number of amides is 4. The molecule has 0 saturated carbocycles. The minimum atomic E-state index is -0.840. The minimum absolute atomic E-state index is 0.198. The van der Waals surface area contributed by atoms with Crippen molar-refractivity contribution in [2.45, 2.75) is 6.61 Å². The molecule has 6 nitrogen and oxygen atoms in total. The number of urea groups is 1. The lowest BCUT2D eigenvalue weighted by atomic mass is 9.99. The number of nitrogens with zero attached hydrogens (tertiary/aromatic N) is 1. The first-order valence-corrected chi connectivity index (χ1v) is 12.1. The van der Waals surface area contributed by atoms with E-state index >= 15 is 0 Å². The Morgan fingerprint density at radius 2 is 1.69 bits per heavy atom. The average Bonchev–Trinajstić information content (AvgIpc) is 2.86. The van der Waals surface area contributed by atoms with Crippen molar-refractivity contribution in [2.75, 3.05) is 4.90 Å². The van der Waals surface area contributed by atoms with E-state index in [1.54, 1.807) is 24.3 Å². The number of anilines is 1. The summed E-state index contributed by atoms with van der Waals surface area (Å²) >= 11 is 9.59. The predicted octanol–water partition coefficient (Wildman–Crippen LogP) is 6.50. The highest BCUT2D eigenvalue weighted by Crippen LogP contribution is 2.33. The standard InChI is InChI=1S/C28H18BrClN2O4/c29-24-11-4-2-7-18(24)16-36-25-13-12-17-6-1-3-10-21(17)22(25)15-23-26(33)31-28(35)32(27(23)34)20-9-5-8-19(30)14-20/h1-15H,16H2,(H,31,33,35)/b23-15+. The van der Waals surface area contributed by atoms with E-state index in [2.05, 4.69) is 21.2 Å². The second kappa shape index (κ2) is 9.97. The molecule has 1 aliphatic rings. The molecule has 1 saturated heterocycles. The molecule has 0 bridgehead atoms. The summed E-state index contributed by atoms with van der Waals surface area (Å²) in [7, 11) is 0. The molecule has 4 amide bonds. The van der Waals surface area contributed by atoms with E-state index in [0.717, 1.165) is 25.7 Å². The molecule has 36 heavy (non-hydrogen) atoms. The van der Waals surface area contributed by atoms with Crippen molar-refractivity contribution in [3.8, 4) is 5.75 Å². The van der Waals surface area contributed by atoms with Gasteiger partial charge in [-0.05, 0) is 47.2 Å². The molecule has 5 rings (SSSR count). The maximum Gasteiger partial charge on any atom is 0.335 e. The third-order valence-corrected chi connectivity index (χ3v) is 6.74. The van der Waals surface area contributed by atoms with Gasteiger partial charge in [0, 0.05) is 20.6 Å². The molecule has 178 valence electrons. The summed E-state index contributed by atoms with van der Waals surface area (Å²) in [6, 6.07) is 24.5. The van der Waals surface area contributed by atoms with Crippen LogP contribution < -0.4 is 15.0 Å². The van der Waals surface area contributed by atoms with Crippen molar-refractivity contribution < 1.29 is 19.1 Å². The summed E-state index contributed by atoms with van der Waals surface area (Å²) < 4.78 is 7.06. The quantitative estimate of drug-likeness (QED) is 0.223. The molecule has 1 aliphatic heterocycles. The predicted molar refractivity (Wildman–Crippen MR) is 143 cm³/mol. The average molecular weight is 562 g/mol. The van der Waals surface area contributed by atoms with Crippen LogP contribution in [-0.2, 0) is 16.2 Å². The summed E-state index contributed by atoms with van der Waals surface area (Å²) in [5.41, 5.74) is 1.55. The van der Waals surface area contributed by atoms with E-state index in [9.17, 15) is 14.4 Å². The van der Waals surface area contributed by atoms with Crippen LogP contribution in [0.5, 0.6) is 5.75 Å². The van der Waals surface area contributed by atoms with E-state index in [1.807, 2.05) is 54.6 Å². The Morgan fingerprint density at radius 1 is 0.917 bits per heavy atom. The van der Waals surface area contributed by atoms with Crippen LogP contribution >= 0.6 is 27.5 Å². The lowest BCUT2D eigenvalue weighted by molar-refractivity contribution is -0.122. The zero-order valence-corrected chi connectivity index (χ0v) is 21.0. The molecular formula is C28H18BrClN2O4. The van der Waals surface area contributed by atoms with Crippen LogP contribution in [0.2, 0.25) is 5.02 Å². The molecule has 0 aromatic heterocycles. The zero-order valence-electron chi connectivity index (χ0n) is 18.7. The molecule has 4 aromatic carbocycles. The van der Waals surface area contributed by atoms with Crippen LogP contribution in [0.4, 0.5) is 10.5 Å². The molecule has 0 atom stereocenters. The number of carbonyl (C=O) groups is 3. The lowest BCUT2D eigenvalue weighted by Gasteiger charge is -2.26. The van der Waals surface area contributed by atoms with Crippen LogP contribution in [0, 0.1) is 0 Å². The monoisotopic (exact) mass is 560 g/mol. The van der Waals surface area contributed by atoms with Crippen molar-refractivity contribution in [3.63, 3.8) is 0 Å².